The highest BCUT2D eigenvalue weighted by atomic mass is 19.1. The van der Waals surface area contributed by atoms with E-state index in [-0.39, 0.29) is 81.4 Å². The summed E-state index contributed by atoms with van der Waals surface area (Å²) in [5.41, 5.74) is 11.0. The standard InChI is InChI=1S/C56H69F4N11O10/c1-31(2)47(67-51(76)44(20-21-61)71-45(73)18-19-46(71)74)52(77)66-42(11-8-22-63-54(62)79)50(75)64-38-15-12-33(13-16-38)30-81-55(80)69-26-35(41(60)28-69)27-70(53(78)32(3)72)48(56(4,5)6)49-65-43(39-24-37(58)14-17-40(39)59)29-68(49)25-34-9-7-10-36(57)23-34/h7,9-10,12-19,23-24,29,31-32,35,41-42,44,47-48,72H,8,11,20-22,25-28,30,61H2,1-6H3,(H,64,75)(H,66,77)(H,67,76)(H3,62,63,79)/t32-,35-,41-,42-,44+,47?,48-/m0/s1. The van der Waals surface area contributed by atoms with Gasteiger partial charge in [0.25, 0.3) is 17.7 Å². The Balaban J connectivity index is 1.12. The first-order valence-corrected chi connectivity index (χ1v) is 26.4. The van der Waals surface area contributed by atoms with Gasteiger partial charge >= 0.3 is 12.1 Å². The van der Waals surface area contributed by atoms with Gasteiger partial charge in [-0.3, -0.25) is 33.7 Å². The molecule has 9 amide bonds. The van der Waals surface area contributed by atoms with E-state index in [4.69, 9.17) is 21.2 Å². The van der Waals surface area contributed by atoms with Crippen molar-refractivity contribution in [3.63, 3.8) is 0 Å². The van der Waals surface area contributed by atoms with Crippen LogP contribution in [0.2, 0.25) is 0 Å². The number of aliphatic hydroxyl groups excluding tert-OH is 1. The van der Waals surface area contributed by atoms with Crippen LogP contribution in [-0.2, 0) is 46.7 Å². The van der Waals surface area contributed by atoms with Crippen molar-refractivity contribution in [3.05, 3.63) is 119 Å². The van der Waals surface area contributed by atoms with Crippen LogP contribution in [0.5, 0.6) is 0 Å². The van der Waals surface area contributed by atoms with Gasteiger partial charge in [0.15, 0.2) is 0 Å². The van der Waals surface area contributed by atoms with Gasteiger partial charge in [-0.2, -0.15) is 0 Å². The lowest BCUT2D eigenvalue weighted by molar-refractivity contribution is -0.146. The summed E-state index contributed by atoms with van der Waals surface area (Å²) in [4.78, 5) is 113. The van der Waals surface area contributed by atoms with Crippen molar-refractivity contribution in [2.75, 3.05) is 38.0 Å². The van der Waals surface area contributed by atoms with E-state index in [0.29, 0.717) is 11.1 Å². The number of imidazole rings is 1. The number of hydrogen-bond acceptors (Lipinski definition) is 12. The van der Waals surface area contributed by atoms with Gasteiger partial charge in [0.05, 0.1) is 18.3 Å². The molecule has 3 heterocycles. The average Bonchev–Trinajstić information content (AvgIpc) is 4.32. The van der Waals surface area contributed by atoms with Gasteiger partial charge in [0.2, 0.25) is 17.7 Å². The number of carbonyl (C=O) groups is 8. The summed E-state index contributed by atoms with van der Waals surface area (Å²) in [7, 11) is 0. The molecule has 1 fully saturated rings. The molecule has 7 atom stereocenters. The Morgan fingerprint density at radius 3 is 2.16 bits per heavy atom. The molecule has 0 radical (unpaired) electrons. The molecule has 4 aromatic rings. The number of urea groups is 1. The minimum absolute atomic E-state index is 0.000112. The fourth-order valence-corrected chi connectivity index (χ4v) is 9.63. The summed E-state index contributed by atoms with van der Waals surface area (Å²) in [5.74, 6) is -7.93. The predicted octanol–water partition coefficient (Wildman–Crippen LogP) is 4.57. The summed E-state index contributed by atoms with van der Waals surface area (Å²) in [6, 6.07) is 9.03. The molecule has 9 N–H and O–H groups in total. The quantitative estimate of drug-likeness (QED) is 0.0289. The van der Waals surface area contributed by atoms with Crippen LogP contribution in [0.1, 0.15) is 83.8 Å². The van der Waals surface area contributed by atoms with Crippen LogP contribution in [0.3, 0.4) is 0 Å². The molecule has 1 unspecified atom stereocenters. The molecular weight excluding hydrogens is 1060 g/mol. The second-order valence-corrected chi connectivity index (χ2v) is 21.4. The van der Waals surface area contributed by atoms with Gasteiger partial charge < -0.3 is 56.9 Å². The fraction of sp³-hybridized carbons (Fsp3) is 0.446. The number of primary amides is 1. The number of aliphatic hydroxyl groups is 1. The molecule has 6 rings (SSSR count). The number of anilines is 1. The molecule has 0 saturated carbocycles. The van der Waals surface area contributed by atoms with Gasteiger partial charge in [0, 0.05) is 61.7 Å². The van der Waals surface area contributed by atoms with Crippen LogP contribution >= 0.6 is 0 Å². The second kappa shape index (κ2) is 27.3. The highest BCUT2D eigenvalue weighted by molar-refractivity contribution is 6.15. The van der Waals surface area contributed by atoms with Crippen LogP contribution in [0.25, 0.3) is 11.3 Å². The third-order valence-electron chi connectivity index (χ3n) is 13.7. The zero-order valence-electron chi connectivity index (χ0n) is 45.8. The molecule has 0 bridgehead atoms. The topological polar surface area (TPSA) is 294 Å². The minimum Gasteiger partial charge on any atom is -0.445 e. The third kappa shape index (κ3) is 16.2. The first-order valence-electron chi connectivity index (χ1n) is 26.4. The smallest absolute Gasteiger partial charge is 0.410 e. The number of rotatable bonds is 24. The zero-order chi connectivity index (χ0) is 59.5. The number of alkyl halides is 1. The Hall–Kier alpha value is -8.19. The van der Waals surface area contributed by atoms with Gasteiger partial charge in [-0.25, -0.2) is 32.1 Å². The summed E-state index contributed by atoms with van der Waals surface area (Å²) < 4.78 is 67.6. The van der Waals surface area contributed by atoms with Crippen LogP contribution in [0.15, 0.2) is 85.1 Å². The summed E-state index contributed by atoms with van der Waals surface area (Å²) in [5, 5.41) is 21.2. The molecule has 0 spiro atoms. The largest absolute Gasteiger partial charge is 0.445 e. The summed E-state index contributed by atoms with van der Waals surface area (Å²) in [6.45, 7) is 8.60. The average molecular weight is 1130 g/mol. The second-order valence-electron chi connectivity index (χ2n) is 21.4. The Labute approximate surface area is 465 Å². The minimum atomic E-state index is -1.68. The number of hydrogen-bond donors (Lipinski definition) is 7. The van der Waals surface area contributed by atoms with E-state index in [1.54, 1.807) is 57.4 Å². The molecule has 1 aromatic heterocycles. The maximum absolute atomic E-state index is 16.2. The number of amides is 9. The highest BCUT2D eigenvalue weighted by Gasteiger charge is 2.45. The van der Waals surface area contributed by atoms with Crippen molar-refractivity contribution in [1.29, 1.82) is 0 Å². The molecule has 2 aliphatic rings. The summed E-state index contributed by atoms with van der Waals surface area (Å²) in [6.07, 6.45) is -0.560. The molecule has 21 nitrogen and oxygen atoms in total. The predicted molar refractivity (Wildman–Crippen MR) is 288 cm³/mol. The number of nitrogens with one attached hydrogen (secondary N) is 4. The van der Waals surface area contributed by atoms with E-state index in [0.717, 1.165) is 40.2 Å². The van der Waals surface area contributed by atoms with Gasteiger partial charge in [0.1, 0.15) is 60.3 Å². The number of nitrogens with two attached hydrogens (primary N) is 2. The summed E-state index contributed by atoms with van der Waals surface area (Å²) >= 11 is 0. The Bertz CT molecular complexity index is 2970. The van der Waals surface area contributed by atoms with Gasteiger partial charge in [-0.15, -0.1) is 0 Å². The molecular formula is C56H69F4N11O10. The zero-order valence-corrected chi connectivity index (χ0v) is 45.8. The van der Waals surface area contributed by atoms with E-state index < -0.39 is 125 Å². The van der Waals surface area contributed by atoms with Crippen molar-refractivity contribution >= 4 is 53.3 Å². The normalized spacial score (nSPS) is 17.1. The number of ether oxygens (including phenoxy) is 1. The van der Waals surface area contributed by atoms with Crippen molar-refractivity contribution < 1.29 is 65.8 Å². The SMILES string of the molecule is CC(C)C(NC(=O)[C@@H](CCN)N1C(=O)C=CC1=O)C(=O)N[C@@H](CCCNC(N)=O)C(=O)Nc1ccc(COC(=O)N2C[C@@H](CN(C(=O)[C@H](C)O)[C@@H](c3nc(-c4cc(F)ccc4F)cn3Cc3cccc(F)c3)C(C)(C)C)[C@@H](F)C2)cc1. The maximum Gasteiger partial charge on any atom is 0.410 e. The van der Waals surface area contributed by atoms with Gasteiger partial charge in [-0.1, -0.05) is 58.9 Å². The number of benzene rings is 3. The highest BCUT2D eigenvalue weighted by Crippen LogP contribution is 2.41. The number of aromatic nitrogens is 2. The Morgan fingerprint density at radius 2 is 1.54 bits per heavy atom. The van der Waals surface area contributed by atoms with Crippen molar-refractivity contribution in [3.8, 4) is 11.3 Å². The first-order chi connectivity index (χ1) is 38.2. The molecule has 25 heteroatoms. The third-order valence-corrected chi connectivity index (χ3v) is 13.7. The number of carbonyl (C=O) groups excluding carboxylic acids is 8. The molecule has 81 heavy (non-hydrogen) atoms. The van der Waals surface area contributed by atoms with E-state index in [9.17, 15) is 52.2 Å². The van der Waals surface area contributed by atoms with E-state index in [1.165, 1.54) is 48.4 Å². The molecule has 1 saturated heterocycles. The van der Waals surface area contributed by atoms with Crippen molar-refractivity contribution in [2.24, 2.45) is 28.7 Å². The molecule has 436 valence electrons. The Morgan fingerprint density at radius 1 is 0.864 bits per heavy atom. The van der Waals surface area contributed by atoms with Crippen LogP contribution < -0.4 is 32.7 Å². The first kappa shape index (κ1) is 62.0. The van der Waals surface area contributed by atoms with Crippen molar-refractivity contribution in [1.82, 2.24) is 40.2 Å². The van der Waals surface area contributed by atoms with Crippen LogP contribution in [-0.4, -0.2) is 140 Å². The van der Waals surface area contributed by atoms with Crippen molar-refractivity contribution in [2.45, 2.75) is 110 Å². The van der Waals surface area contributed by atoms with Crippen LogP contribution in [0.4, 0.5) is 32.8 Å². The van der Waals surface area contributed by atoms with E-state index in [2.05, 4.69) is 21.3 Å². The van der Waals surface area contributed by atoms with Gasteiger partial charge in [-0.05, 0) is 97.7 Å². The monoisotopic (exact) mass is 1130 g/mol. The van der Waals surface area contributed by atoms with Crippen LogP contribution in [0, 0.1) is 34.7 Å². The maximum atomic E-state index is 16.2. The lowest BCUT2D eigenvalue weighted by Crippen LogP contribution is -2.58. The number of imide groups is 1. The lowest BCUT2D eigenvalue weighted by atomic mass is 9.84. The molecule has 2 aliphatic heterocycles. The number of likely N-dealkylation sites (tertiary alicyclic amines) is 1. The molecule has 3 aromatic carbocycles. The number of nitrogens with zero attached hydrogens (tertiary/aromatic N) is 5. The fourth-order valence-electron chi connectivity index (χ4n) is 9.63. The molecule has 0 aliphatic carbocycles. The lowest BCUT2D eigenvalue weighted by Gasteiger charge is -2.41. The van der Waals surface area contributed by atoms with E-state index >= 15 is 8.78 Å². The number of halogens is 4. The Kier molecular flexibility index (Phi) is 20.9. The van der Waals surface area contributed by atoms with E-state index in [1.807, 2.05) is 0 Å².